The van der Waals surface area contributed by atoms with E-state index in [0.29, 0.717) is 0 Å². The number of nitrogens with one attached hydrogen (secondary N) is 1. The van der Waals surface area contributed by atoms with Crippen LogP contribution in [0.4, 0.5) is 9.18 Å². The molecule has 0 atom stereocenters. The van der Waals surface area contributed by atoms with E-state index in [1.807, 2.05) is 5.43 Å². The lowest BCUT2D eigenvalue weighted by Crippen LogP contribution is -2.26. The van der Waals surface area contributed by atoms with Crippen LogP contribution in [0.3, 0.4) is 0 Å². The van der Waals surface area contributed by atoms with Crippen LogP contribution in [0.15, 0.2) is 5.10 Å². The fourth-order valence-corrected chi connectivity index (χ4v) is 0.361. The van der Waals surface area contributed by atoms with E-state index in [4.69, 9.17) is 11.6 Å². The molecule has 0 spiro atoms. The van der Waals surface area contributed by atoms with E-state index in [9.17, 15) is 9.18 Å². The van der Waals surface area contributed by atoms with E-state index in [1.165, 1.54) is 0 Å². The van der Waals surface area contributed by atoms with Crippen molar-refractivity contribution in [3.05, 3.63) is 0 Å². The smallest absolute Gasteiger partial charge is 0.332 e. The van der Waals surface area contributed by atoms with Crippen LogP contribution in [0, 0.1) is 0 Å². The number of carbonyl (C=O) groups is 1. The first-order chi connectivity index (χ1) is 4.70. The highest BCUT2D eigenvalue weighted by molar-refractivity contribution is 6.28. The van der Waals surface area contributed by atoms with Crippen LogP contribution in [-0.4, -0.2) is 24.3 Å². The molecular weight excluding hydrogens is 161 g/mol. The minimum Gasteiger partial charge on any atom is -0.350 e. The average Bonchev–Trinajstić information content (AvgIpc) is 1.90. The van der Waals surface area contributed by atoms with Gasteiger partial charge in [0.1, 0.15) is 6.67 Å². The third-order valence-corrected chi connectivity index (χ3v) is 0.941. The number of carbonyl (C=O) groups excluding carboxylic acids is 1. The summed E-state index contributed by atoms with van der Waals surface area (Å²) in [5, 5.41) is 3.25. The fraction of sp³-hybridized carbons (Fsp3) is 0.500. The third kappa shape index (κ3) is 4.08. The van der Waals surface area contributed by atoms with Gasteiger partial charge in [-0.05, 0) is 0 Å². The summed E-state index contributed by atoms with van der Waals surface area (Å²) >= 11 is 5.19. The van der Waals surface area contributed by atoms with Crippen molar-refractivity contribution in [3.63, 3.8) is 0 Å². The number of primary amides is 1. The molecule has 0 aliphatic carbocycles. The molecule has 58 valence electrons. The molecule has 0 bridgehead atoms. The second-order valence-corrected chi connectivity index (χ2v) is 1.69. The summed E-state index contributed by atoms with van der Waals surface area (Å²) in [6.45, 7) is -0.788. The van der Waals surface area contributed by atoms with E-state index in [-0.39, 0.29) is 11.6 Å². The molecule has 0 aliphatic rings. The van der Waals surface area contributed by atoms with Crippen molar-refractivity contribution in [2.45, 2.75) is 0 Å². The van der Waals surface area contributed by atoms with Crippen LogP contribution in [0.5, 0.6) is 0 Å². The molecular formula is C4H7ClFN3O. The Kier molecular flexibility index (Phi) is 4.57. The molecule has 0 saturated heterocycles. The predicted octanol–water partition coefficient (Wildman–Crippen LogP) is 0.219. The molecule has 6 heteroatoms. The molecule has 0 heterocycles. The van der Waals surface area contributed by atoms with Crippen molar-refractivity contribution in [2.24, 2.45) is 10.8 Å². The number of alkyl halides is 2. The Bertz CT molecular complexity index is 143. The normalized spacial score (nSPS) is 11.2. The Labute approximate surface area is 62.2 Å². The summed E-state index contributed by atoms with van der Waals surface area (Å²) in [7, 11) is 0. The molecule has 0 aromatic rings. The van der Waals surface area contributed by atoms with Crippen molar-refractivity contribution in [1.29, 1.82) is 0 Å². The van der Waals surface area contributed by atoms with Gasteiger partial charge < -0.3 is 5.73 Å². The monoisotopic (exact) mass is 167 g/mol. The van der Waals surface area contributed by atoms with E-state index < -0.39 is 12.7 Å². The summed E-state index contributed by atoms with van der Waals surface area (Å²) < 4.78 is 11.7. The summed E-state index contributed by atoms with van der Waals surface area (Å²) in [4.78, 5) is 9.97. The Morgan fingerprint density at radius 3 is 2.70 bits per heavy atom. The van der Waals surface area contributed by atoms with E-state index >= 15 is 0 Å². The number of halogens is 2. The van der Waals surface area contributed by atoms with E-state index in [1.54, 1.807) is 0 Å². The molecule has 0 unspecified atom stereocenters. The van der Waals surface area contributed by atoms with Gasteiger partial charge in [-0.15, -0.1) is 11.6 Å². The van der Waals surface area contributed by atoms with Crippen LogP contribution in [-0.2, 0) is 0 Å². The molecule has 0 saturated carbocycles. The molecule has 0 rings (SSSR count). The first kappa shape index (κ1) is 9.16. The number of rotatable bonds is 3. The van der Waals surface area contributed by atoms with Crippen LogP contribution in [0.25, 0.3) is 0 Å². The number of amides is 2. The average molecular weight is 168 g/mol. The minimum absolute atomic E-state index is 0.0421. The maximum absolute atomic E-state index is 11.7. The number of hydrogen-bond acceptors (Lipinski definition) is 2. The molecule has 10 heavy (non-hydrogen) atoms. The Morgan fingerprint density at radius 2 is 2.40 bits per heavy atom. The number of urea groups is 1. The Balaban J connectivity index is 3.74. The second kappa shape index (κ2) is 4.99. The number of nitrogens with zero attached hydrogens (tertiary/aromatic N) is 1. The SMILES string of the molecule is NC(=O)NN=C(CF)CCl. The zero-order valence-electron chi connectivity index (χ0n) is 5.10. The van der Waals surface area contributed by atoms with Gasteiger partial charge >= 0.3 is 6.03 Å². The van der Waals surface area contributed by atoms with Gasteiger partial charge in [0, 0.05) is 0 Å². The van der Waals surface area contributed by atoms with Crippen molar-refractivity contribution in [2.75, 3.05) is 12.6 Å². The number of hydrogen-bond donors (Lipinski definition) is 2. The number of hydrazone groups is 1. The zero-order chi connectivity index (χ0) is 7.98. The fourth-order valence-electron chi connectivity index (χ4n) is 0.230. The Hall–Kier alpha value is -0.840. The highest BCUT2D eigenvalue weighted by atomic mass is 35.5. The van der Waals surface area contributed by atoms with Crippen molar-refractivity contribution in [3.8, 4) is 0 Å². The van der Waals surface area contributed by atoms with Crippen LogP contribution in [0.1, 0.15) is 0 Å². The molecule has 0 radical (unpaired) electrons. The number of nitrogens with two attached hydrogens (primary N) is 1. The van der Waals surface area contributed by atoms with Gasteiger partial charge in [0.15, 0.2) is 0 Å². The predicted molar refractivity (Wildman–Crippen MR) is 36.8 cm³/mol. The van der Waals surface area contributed by atoms with Crippen molar-refractivity contribution in [1.82, 2.24) is 5.43 Å². The molecule has 0 aromatic heterocycles. The molecule has 0 fully saturated rings. The highest BCUT2D eigenvalue weighted by Gasteiger charge is 1.95. The maximum Gasteiger partial charge on any atom is 0.332 e. The maximum atomic E-state index is 11.7. The summed E-state index contributed by atoms with van der Waals surface area (Å²) in [5.41, 5.74) is 6.52. The molecule has 3 N–H and O–H groups in total. The highest BCUT2D eigenvalue weighted by Crippen LogP contribution is 1.83. The zero-order valence-corrected chi connectivity index (χ0v) is 5.86. The first-order valence-corrected chi connectivity index (χ1v) is 2.97. The molecule has 4 nitrogen and oxygen atoms in total. The van der Waals surface area contributed by atoms with E-state index in [2.05, 4.69) is 10.8 Å². The van der Waals surface area contributed by atoms with Crippen LogP contribution >= 0.6 is 11.6 Å². The Morgan fingerprint density at radius 1 is 1.80 bits per heavy atom. The van der Waals surface area contributed by atoms with Gasteiger partial charge in [-0.25, -0.2) is 14.6 Å². The first-order valence-electron chi connectivity index (χ1n) is 2.43. The van der Waals surface area contributed by atoms with Gasteiger partial charge in [-0.1, -0.05) is 0 Å². The third-order valence-electron chi connectivity index (χ3n) is 0.633. The van der Waals surface area contributed by atoms with Crippen LogP contribution < -0.4 is 11.2 Å². The lowest BCUT2D eigenvalue weighted by molar-refractivity contribution is 0.249. The largest absolute Gasteiger partial charge is 0.350 e. The standard InChI is InChI=1S/C4H7ClFN3O/c5-1-3(2-6)8-9-4(7)10/h1-2H2,(H3,7,9,10). The van der Waals surface area contributed by atoms with Crippen LogP contribution in [0.2, 0.25) is 0 Å². The summed E-state index contributed by atoms with van der Waals surface area (Å²) in [6, 6.07) is -0.837. The van der Waals surface area contributed by atoms with Gasteiger partial charge in [-0.3, -0.25) is 0 Å². The lowest BCUT2D eigenvalue weighted by Gasteiger charge is -1.94. The van der Waals surface area contributed by atoms with Crippen molar-refractivity contribution < 1.29 is 9.18 Å². The van der Waals surface area contributed by atoms with Gasteiger partial charge in [0.25, 0.3) is 0 Å². The van der Waals surface area contributed by atoms with Gasteiger partial charge in [0.05, 0.1) is 11.6 Å². The molecule has 0 aromatic carbocycles. The van der Waals surface area contributed by atoms with E-state index in [0.717, 1.165) is 0 Å². The molecule has 0 aliphatic heterocycles. The lowest BCUT2D eigenvalue weighted by atomic mass is 10.5. The van der Waals surface area contributed by atoms with Crippen molar-refractivity contribution >= 4 is 23.3 Å². The summed E-state index contributed by atoms with van der Waals surface area (Å²) in [6.07, 6.45) is 0. The minimum atomic E-state index is -0.837. The quantitative estimate of drug-likeness (QED) is 0.353. The summed E-state index contributed by atoms with van der Waals surface area (Å²) in [5.74, 6) is -0.0587. The van der Waals surface area contributed by atoms with Gasteiger partial charge in [0.2, 0.25) is 0 Å². The molecule has 2 amide bonds. The van der Waals surface area contributed by atoms with Gasteiger partial charge in [-0.2, -0.15) is 5.10 Å². The second-order valence-electron chi connectivity index (χ2n) is 1.42. The topological polar surface area (TPSA) is 67.5 Å².